The predicted octanol–water partition coefficient (Wildman–Crippen LogP) is 5.90. The van der Waals surface area contributed by atoms with Crippen molar-refractivity contribution in [1.29, 1.82) is 0 Å². The molecule has 3 aromatic carbocycles. The number of halogens is 1. The minimum absolute atomic E-state index is 0.112. The van der Waals surface area contributed by atoms with Gasteiger partial charge in [0.05, 0.1) is 25.8 Å². The Kier molecular flexibility index (Phi) is 8.15. The summed E-state index contributed by atoms with van der Waals surface area (Å²) >= 11 is 8.61. The molecule has 1 saturated heterocycles. The Hall–Kier alpha value is -4.26. The molecule has 4 aromatic rings. The SMILES string of the molecule is COc1ccc(C2/C(=C(\O)c3ccc4c(c3)OCCO4)C(=O)C(=O)N2c2nnc(SCc3ccc(Cl)cc3)s2)cc1OC. The first-order valence-corrected chi connectivity index (χ1v) is 15.2. The van der Waals surface area contributed by atoms with Crippen LogP contribution in [0.5, 0.6) is 23.0 Å². The van der Waals surface area contributed by atoms with E-state index in [0.717, 1.165) is 5.56 Å². The highest BCUT2D eigenvalue weighted by atomic mass is 35.5. The van der Waals surface area contributed by atoms with E-state index in [0.29, 0.717) is 62.5 Å². The highest BCUT2D eigenvalue weighted by Gasteiger charge is 2.48. The van der Waals surface area contributed by atoms with Gasteiger partial charge < -0.3 is 24.1 Å². The number of ether oxygens (including phenoxy) is 4. The molecule has 220 valence electrons. The number of aromatic nitrogens is 2. The fourth-order valence-electron chi connectivity index (χ4n) is 4.80. The summed E-state index contributed by atoms with van der Waals surface area (Å²) in [5.74, 6) is 0.346. The summed E-state index contributed by atoms with van der Waals surface area (Å²) in [6.07, 6.45) is 0. The van der Waals surface area contributed by atoms with Crippen LogP contribution in [0.4, 0.5) is 5.13 Å². The molecule has 2 aliphatic rings. The summed E-state index contributed by atoms with van der Waals surface area (Å²) in [4.78, 5) is 28.5. The number of hydrogen-bond donors (Lipinski definition) is 1. The van der Waals surface area contributed by atoms with E-state index in [1.54, 1.807) is 36.4 Å². The van der Waals surface area contributed by atoms with Gasteiger partial charge in [0.2, 0.25) is 5.13 Å². The van der Waals surface area contributed by atoms with Crippen LogP contribution < -0.4 is 23.8 Å². The molecule has 13 heteroatoms. The molecular weight excluding hydrogens is 614 g/mol. The zero-order chi connectivity index (χ0) is 30.1. The van der Waals surface area contributed by atoms with Crippen molar-refractivity contribution >= 4 is 57.3 Å². The molecule has 0 bridgehead atoms. The lowest BCUT2D eigenvalue weighted by atomic mass is 9.95. The molecule has 0 radical (unpaired) electrons. The van der Waals surface area contributed by atoms with Crippen LogP contribution in [0.2, 0.25) is 5.02 Å². The minimum atomic E-state index is -1.03. The lowest BCUT2D eigenvalue weighted by molar-refractivity contribution is -0.132. The number of aliphatic hydroxyl groups is 1. The van der Waals surface area contributed by atoms with Gasteiger partial charge in [-0.05, 0) is 53.6 Å². The molecule has 1 unspecified atom stereocenters. The highest BCUT2D eigenvalue weighted by molar-refractivity contribution is 8.00. The van der Waals surface area contributed by atoms with Crippen molar-refractivity contribution in [3.63, 3.8) is 0 Å². The quantitative estimate of drug-likeness (QED) is 0.0822. The molecular formula is C30H24ClN3O7S2. The van der Waals surface area contributed by atoms with E-state index in [-0.39, 0.29) is 16.5 Å². The molecule has 1 amide bonds. The average molecular weight is 638 g/mol. The Morgan fingerprint density at radius 3 is 2.49 bits per heavy atom. The standard InChI is InChI=1S/C30H24ClN3O7S2/c1-38-20-9-5-17(13-22(20)39-2)25-24(26(35)18-6-10-21-23(14-18)41-12-11-40-21)27(36)28(37)34(25)29-32-33-30(43-29)42-15-16-3-7-19(31)8-4-16/h3-10,13-14,25,35H,11-12,15H2,1-2H3/b26-24+. The van der Waals surface area contributed by atoms with Crippen molar-refractivity contribution in [1.82, 2.24) is 10.2 Å². The number of carbonyl (C=O) groups is 2. The minimum Gasteiger partial charge on any atom is -0.507 e. The molecule has 0 aliphatic carbocycles. The lowest BCUT2D eigenvalue weighted by Crippen LogP contribution is -2.29. The van der Waals surface area contributed by atoms with Crippen LogP contribution in [0.25, 0.3) is 5.76 Å². The Balaban J connectivity index is 1.41. The molecule has 43 heavy (non-hydrogen) atoms. The monoisotopic (exact) mass is 637 g/mol. The van der Waals surface area contributed by atoms with Gasteiger partial charge in [-0.1, -0.05) is 52.9 Å². The van der Waals surface area contributed by atoms with E-state index in [9.17, 15) is 14.7 Å². The Morgan fingerprint density at radius 1 is 1.00 bits per heavy atom. The average Bonchev–Trinajstić information content (AvgIpc) is 3.61. The largest absolute Gasteiger partial charge is 0.507 e. The van der Waals surface area contributed by atoms with Gasteiger partial charge in [0.25, 0.3) is 5.78 Å². The normalized spacial score (nSPS) is 17.3. The number of Topliss-reactive ketones (excluding diaryl/α,β-unsaturated/α-hetero) is 1. The molecule has 10 nitrogen and oxygen atoms in total. The van der Waals surface area contributed by atoms with Crippen LogP contribution >= 0.6 is 34.7 Å². The zero-order valence-corrected chi connectivity index (χ0v) is 25.3. The van der Waals surface area contributed by atoms with Crippen LogP contribution in [-0.2, 0) is 15.3 Å². The number of ketones is 1. The van der Waals surface area contributed by atoms with Crippen LogP contribution in [0.1, 0.15) is 22.7 Å². The van der Waals surface area contributed by atoms with Crippen molar-refractivity contribution in [3.8, 4) is 23.0 Å². The molecule has 1 N–H and O–H groups in total. The first kappa shape index (κ1) is 28.8. The smallest absolute Gasteiger partial charge is 0.301 e. The van der Waals surface area contributed by atoms with Crippen LogP contribution in [0.3, 0.4) is 0 Å². The molecule has 6 rings (SSSR count). The van der Waals surface area contributed by atoms with Gasteiger partial charge >= 0.3 is 5.91 Å². The summed E-state index contributed by atoms with van der Waals surface area (Å²) in [6.45, 7) is 0.757. The van der Waals surface area contributed by atoms with E-state index < -0.39 is 17.7 Å². The second-order valence-corrected chi connectivity index (χ2v) is 12.0. The molecule has 0 spiro atoms. The van der Waals surface area contributed by atoms with Crippen LogP contribution in [0, 0.1) is 0 Å². The number of rotatable bonds is 8. The second-order valence-electron chi connectivity index (χ2n) is 9.41. The fraction of sp³-hybridized carbons (Fsp3) is 0.200. The van der Waals surface area contributed by atoms with Gasteiger partial charge in [-0.3, -0.25) is 14.5 Å². The van der Waals surface area contributed by atoms with Gasteiger partial charge in [0.1, 0.15) is 19.0 Å². The van der Waals surface area contributed by atoms with Gasteiger partial charge in [-0.25, -0.2) is 0 Å². The third kappa shape index (κ3) is 5.61. The Labute approximate surface area is 259 Å². The number of benzene rings is 3. The maximum absolute atomic E-state index is 13.6. The molecule has 1 atom stereocenters. The zero-order valence-electron chi connectivity index (χ0n) is 22.9. The number of anilines is 1. The molecule has 1 aromatic heterocycles. The Bertz CT molecular complexity index is 1740. The van der Waals surface area contributed by atoms with Crippen LogP contribution in [-0.4, -0.2) is 54.4 Å². The number of nitrogens with zero attached hydrogens (tertiary/aromatic N) is 3. The summed E-state index contributed by atoms with van der Waals surface area (Å²) in [5.41, 5.74) is 1.72. The number of thioether (sulfide) groups is 1. The lowest BCUT2D eigenvalue weighted by Gasteiger charge is -2.23. The van der Waals surface area contributed by atoms with Crippen molar-refractivity contribution in [2.45, 2.75) is 16.1 Å². The number of methoxy groups -OCH3 is 2. The number of hydrogen-bond acceptors (Lipinski definition) is 11. The third-order valence-electron chi connectivity index (χ3n) is 6.86. The van der Waals surface area contributed by atoms with Crippen molar-refractivity contribution in [2.24, 2.45) is 0 Å². The second kappa shape index (κ2) is 12.2. The predicted molar refractivity (Wildman–Crippen MR) is 163 cm³/mol. The maximum atomic E-state index is 13.6. The van der Waals surface area contributed by atoms with Gasteiger partial charge in [0.15, 0.2) is 27.3 Å². The van der Waals surface area contributed by atoms with Gasteiger partial charge in [0, 0.05) is 16.3 Å². The molecule has 2 aliphatic heterocycles. The topological polar surface area (TPSA) is 120 Å². The van der Waals surface area contributed by atoms with Crippen molar-refractivity contribution in [2.75, 3.05) is 32.3 Å². The maximum Gasteiger partial charge on any atom is 0.301 e. The van der Waals surface area contributed by atoms with E-state index in [2.05, 4.69) is 10.2 Å². The Morgan fingerprint density at radius 2 is 1.74 bits per heavy atom. The van der Waals surface area contributed by atoms with Crippen molar-refractivity contribution in [3.05, 3.63) is 87.9 Å². The number of fused-ring (bicyclic) bond motifs is 1. The van der Waals surface area contributed by atoms with E-state index in [1.165, 1.54) is 42.2 Å². The number of carbonyl (C=O) groups excluding carboxylic acids is 2. The summed E-state index contributed by atoms with van der Waals surface area (Å²) < 4.78 is 22.7. The number of aliphatic hydroxyl groups excluding tert-OH is 1. The van der Waals surface area contributed by atoms with E-state index >= 15 is 0 Å². The summed E-state index contributed by atoms with van der Waals surface area (Å²) in [5, 5.41) is 20.9. The van der Waals surface area contributed by atoms with E-state index in [1.807, 2.05) is 24.3 Å². The van der Waals surface area contributed by atoms with Gasteiger partial charge in [-0.2, -0.15) is 0 Å². The molecule has 3 heterocycles. The third-order valence-corrected chi connectivity index (χ3v) is 9.24. The first-order chi connectivity index (χ1) is 20.9. The highest BCUT2D eigenvalue weighted by Crippen LogP contribution is 2.46. The van der Waals surface area contributed by atoms with Crippen LogP contribution in [0.15, 0.2) is 70.6 Å². The summed E-state index contributed by atoms with van der Waals surface area (Å²) in [6, 6.07) is 16.3. The summed E-state index contributed by atoms with van der Waals surface area (Å²) in [7, 11) is 3.00. The van der Waals surface area contributed by atoms with Gasteiger partial charge in [-0.15, -0.1) is 10.2 Å². The van der Waals surface area contributed by atoms with E-state index in [4.69, 9.17) is 30.5 Å². The number of amides is 1. The molecule has 0 saturated carbocycles. The van der Waals surface area contributed by atoms with Crippen molar-refractivity contribution < 1.29 is 33.6 Å². The first-order valence-electron chi connectivity index (χ1n) is 13.0. The molecule has 1 fully saturated rings. The fourth-order valence-corrected chi connectivity index (χ4v) is 6.75.